The predicted molar refractivity (Wildman–Crippen MR) is 386 cm³/mol. The molecule has 12 nitrogen and oxygen atoms in total. The lowest BCUT2D eigenvalue weighted by Gasteiger charge is -2.29. The first-order valence-electron chi connectivity index (χ1n) is 33.2. The van der Waals surface area contributed by atoms with Crippen LogP contribution in [0.4, 0.5) is 0 Å². The van der Waals surface area contributed by atoms with Gasteiger partial charge in [-0.1, -0.05) is 42.8 Å². The molecule has 498 valence electrons. The van der Waals surface area contributed by atoms with Crippen molar-refractivity contribution in [3.05, 3.63) is 136 Å². The van der Waals surface area contributed by atoms with E-state index in [-0.39, 0.29) is 34.6 Å². The van der Waals surface area contributed by atoms with E-state index in [2.05, 4.69) is 13.0 Å². The number of phenols is 3. The molecule has 0 radical (unpaired) electrons. The van der Waals surface area contributed by atoms with E-state index in [0.29, 0.717) is 10.6 Å². The molecular weight excluding hydrogens is 1250 g/mol. The number of aromatic hydroxyl groups is 3. The van der Waals surface area contributed by atoms with Gasteiger partial charge in [0.1, 0.15) is 50.1 Å². The normalized spacial score (nSPS) is 15.1. The maximum atomic E-state index is 12.9. The Balaban J connectivity index is 0.000000154. The highest BCUT2D eigenvalue weighted by molar-refractivity contribution is 7.19. The first-order chi connectivity index (χ1) is 44.2. The summed E-state index contributed by atoms with van der Waals surface area (Å²) in [5, 5.41) is 36.6. The van der Waals surface area contributed by atoms with Crippen LogP contribution in [0.15, 0.2) is 54.6 Å². The van der Waals surface area contributed by atoms with Gasteiger partial charge in [-0.3, -0.25) is 14.4 Å². The molecule has 16 heteroatoms. The van der Waals surface area contributed by atoms with E-state index in [9.17, 15) is 29.7 Å². The Morgan fingerprint density at radius 3 is 1.07 bits per heavy atom. The van der Waals surface area contributed by atoms with Crippen LogP contribution in [-0.4, -0.2) is 64.4 Å². The summed E-state index contributed by atoms with van der Waals surface area (Å²) in [7, 11) is 0. The number of pyridine rings is 3. The number of aromatic nitrogens is 3. The Labute approximate surface area is 571 Å². The lowest BCUT2D eigenvalue weighted by molar-refractivity contribution is -0.139. The molecule has 0 saturated carbocycles. The van der Waals surface area contributed by atoms with Crippen molar-refractivity contribution in [3.8, 4) is 50.6 Å². The summed E-state index contributed by atoms with van der Waals surface area (Å²) in [6, 6.07) is 16.8. The van der Waals surface area contributed by atoms with E-state index in [1.165, 1.54) is 50.6 Å². The number of phenolic OH excluding ortho intramolecular Hbond substituents is 3. The fourth-order valence-corrected chi connectivity index (χ4v) is 17.8. The number of thiophene rings is 3. The molecule has 94 heavy (non-hydrogen) atoms. The van der Waals surface area contributed by atoms with E-state index in [1.807, 2.05) is 120 Å². The van der Waals surface area contributed by atoms with Gasteiger partial charge in [-0.15, -0.1) is 34.0 Å². The van der Waals surface area contributed by atoms with Crippen LogP contribution >= 0.6 is 45.6 Å². The van der Waals surface area contributed by atoms with Gasteiger partial charge in [0.15, 0.2) is 17.3 Å². The van der Waals surface area contributed by atoms with E-state index >= 15 is 0 Å². The first-order valence-corrected chi connectivity index (χ1v) is 36.1. The van der Waals surface area contributed by atoms with Gasteiger partial charge in [0.25, 0.3) is 0 Å². The summed E-state index contributed by atoms with van der Waals surface area (Å²) >= 11 is 11.4. The minimum absolute atomic E-state index is 0.0563. The molecule has 6 aromatic heterocycles. The van der Waals surface area contributed by atoms with Crippen molar-refractivity contribution in [3.63, 3.8) is 0 Å². The molecule has 3 aliphatic rings. The second-order valence-corrected chi connectivity index (χ2v) is 32.4. The number of rotatable bonds is 13. The number of aryl methyl sites for hydroxylation is 11. The second-order valence-electron chi connectivity index (χ2n) is 28.7. The second kappa shape index (κ2) is 28.0. The molecule has 6 heterocycles. The van der Waals surface area contributed by atoms with Crippen molar-refractivity contribution < 1.29 is 43.9 Å². The molecule has 12 rings (SSSR count). The van der Waals surface area contributed by atoms with Crippen molar-refractivity contribution >= 4 is 93.6 Å². The van der Waals surface area contributed by atoms with Gasteiger partial charge < -0.3 is 29.5 Å². The third-order valence-corrected chi connectivity index (χ3v) is 21.5. The number of carbonyl (C=O) groups excluding carboxylic acids is 3. The Kier molecular flexibility index (Phi) is 20.9. The molecule has 0 fully saturated rings. The number of ketones is 3. The van der Waals surface area contributed by atoms with Crippen LogP contribution in [0.2, 0.25) is 5.02 Å². The largest absolute Gasteiger partial charge is 0.507 e. The maximum Gasteiger partial charge on any atom is 0.163 e. The molecule has 3 atom stereocenters. The summed E-state index contributed by atoms with van der Waals surface area (Å²) in [5.41, 5.74) is 13.9. The Morgan fingerprint density at radius 2 is 0.777 bits per heavy atom. The van der Waals surface area contributed by atoms with Crippen LogP contribution in [0.5, 0.6) is 17.2 Å². The third kappa shape index (κ3) is 14.9. The number of Topliss-reactive ketones (excluding diaryl/α,β-unsaturated/α-hetero) is 3. The highest BCUT2D eigenvalue weighted by Crippen LogP contribution is 2.52. The summed E-state index contributed by atoms with van der Waals surface area (Å²) in [6.45, 7) is 32.1. The molecule has 0 saturated heterocycles. The van der Waals surface area contributed by atoms with Gasteiger partial charge in [-0.05, 0) is 252 Å². The first kappa shape index (κ1) is 70.4. The average molecular weight is 1350 g/mol. The highest BCUT2D eigenvalue weighted by atomic mass is 35.5. The quantitative estimate of drug-likeness (QED) is 0.0996. The number of fused-ring (bicyclic) bond motifs is 9. The zero-order valence-electron chi connectivity index (χ0n) is 57.9. The van der Waals surface area contributed by atoms with Crippen LogP contribution < -0.4 is 0 Å². The molecule has 3 N–H and O–H groups in total. The van der Waals surface area contributed by atoms with Gasteiger partial charge in [0.2, 0.25) is 0 Å². The third-order valence-electron chi connectivity index (χ3n) is 17.7. The van der Waals surface area contributed by atoms with Gasteiger partial charge in [-0.25, -0.2) is 15.0 Å². The van der Waals surface area contributed by atoms with Crippen LogP contribution in [0.3, 0.4) is 0 Å². The lowest BCUT2D eigenvalue weighted by atomic mass is 9.86. The molecule has 3 aliphatic carbocycles. The minimum Gasteiger partial charge on any atom is -0.507 e. The number of hydrogen-bond donors (Lipinski definition) is 3. The molecule has 0 bridgehead atoms. The molecule has 9 aromatic rings. The van der Waals surface area contributed by atoms with Gasteiger partial charge in [0.05, 0.1) is 16.8 Å². The van der Waals surface area contributed by atoms with E-state index in [1.54, 1.807) is 73.0 Å². The maximum absolute atomic E-state index is 12.9. The number of carbonyl (C=O) groups is 3. The summed E-state index contributed by atoms with van der Waals surface area (Å²) in [5.74, 6) is 0.357. The molecule has 0 amide bonds. The molecular formula is C78H92ClN3O9S3. The smallest absolute Gasteiger partial charge is 0.163 e. The average Bonchev–Trinajstić information content (AvgIpc) is 1.50. The zero-order chi connectivity index (χ0) is 68.2. The Hall–Kier alpha value is -6.43. The fourth-order valence-electron chi connectivity index (χ4n) is 13.7. The lowest BCUT2D eigenvalue weighted by Crippen LogP contribution is -2.27. The van der Waals surface area contributed by atoms with Crippen LogP contribution in [0, 0.1) is 27.7 Å². The summed E-state index contributed by atoms with van der Waals surface area (Å²) in [6.07, 6.45) is 11.7. The number of benzene rings is 3. The van der Waals surface area contributed by atoms with Gasteiger partial charge in [-0.2, -0.15) is 0 Å². The minimum atomic E-state index is -0.777. The molecule has 3 aromatic carbocycles. The van der Waals surface area contributed by atoms with Crippen LogP contribution in [-0.2, 0) is 73.5 Å². The SMILES string of the molecule is CC(=O)[C@@H](OC(C)(C)C)c1c(C)nc2sc3c(c2c1-c1ccc(C)cc1O)CCCC3.CC(=O)[C@@H](OC(C)(C)C)c1c(C)nc2sc3c(c2c1-c1ccc(Cl)cc1O)CCCC3.CCc1ccc(-c2c([C@H](OC(C)(C)C)C(C)=O)c(C)nc3sc4c(c23)CCCC4)c(O)c1. The fraction of sp³-hybridized carbons (Fsp3) is 0.462. The van der Waals surface area contributed by atoms with E-state index < -0.39 is 35.1 Å². The Bertz CT molecular complexity index is 4230. The number of nitrogens with zero attached hydrogens (tertiary/aromatic N) is 3. The monoisotopic (exact) mass is 1350 g/mol. The highest BCUT2D eigenvalue weighted by Gasteiger charge is 2.37. The number of ether oxygens (including phenoxy) is 3. The van der Waals surface area contributed by atoms with E-state index in [4.69, 9.17) is 40.8 Å². The zero-order valence-corrected chi connectivity index (χ0v) is 61.1. The molecule has 0 unspecified atom stereocenters. The van der Waals surface area contributed by atoms with E-state index in [0.717, 1.165) is 168 Å². The topological polar surface area (TPSA) is 178 Å². The van der Waals surface area contributed by atoms with Gasteiger partial charge in [0, 0.05) is 103 Å². The van der Waals surface area contributed by atoms with Crippen molar-refractivity contribution in [2.24, 2.45) is 0 Å². The van der Waals surface area contributed by atoms with Crippen LogP contribution in [0.25, 0.3) is 64.0 Å². The number of hydrogen-bond acceptors (Lipinski definition) is 15. The van der Waals surface area contributed by atoms with Crippen molar-refractivity contribution in [1.29, 1.82) is 0 Å². The van der Waals surface area contributed by atoms with Crippen molar-refractivity contribution in [2.45, 2.75) is 236 Å². The van der Waals surface area contributed by atoms with Crippen molar-refractivity contribution in [2.75, 3.05) is 0 Å². The standard InChI is InChI=1S/C27H33NO3S.C26H31NO3S.C25H28ClNO3S/c1-7-17-12-13-18(20(30)14-17)23-22(25(16(3)29)31-27(4,5)6)15(2)28-26-24(23)19-10-8-9-11-21(19)32-26;1-14-11-12-17(19(29)13-14)22-21(24(16(3)28)30-26(4,5)6)15(2)27-25-23(22)18-9-7-8-10-20(18)31-25;1-13-20(23(14(2)28)30-25(3,4)5)21(16-11-10-15(26)12-18(16)29)22-17-8-6-7-9-19(17)31-24(22)27-13/h12-14,25,30H,7-11H2,1-6H3;11-13,24,29H,7-10H2,1-6H3;10-12,23,29H,6-9H2,1-5H3/t25-;24-;23-/m111/s1. The molecule has 0 spiro atoms. The van der Waals surface area contributed by atoms with Crippen LogP contribution in [0.1, 0.15) is 223 Å². The summed E-state index contributed by atoms with van der Waals surface area (Å²) < 4.78 is 18.9. The number of halogens is 1. The molecule has 0 aliphatic heterocycles. The summed E-state index contributed by atoms with van der Waals surface area (Å²) in [4.78, 5) is 60.5. The van der Waals surface area contributed by atoms with Crippen molar-refractivity contribution in [1.82, 2.24) is 15.0 Å². The predicted octanol–water partition coefficient (Wildman–Crippen LogP) is 20.4. The van der Waals surface area contributed by atoms with Gasteiger partial charge >= 0.3 is 0 Å². The Morgan fingerprint density at radius 1 is 0.468 bits per heavy atom.